The zero-order chi connectivity index (χ0) is 61.5. The lowest BCUT2D eigenvalue weighted by Crippen LogP contribution is -2.67. The molecule has 0 aromatic carbocycles. The molecule has 36 unspecified atom stereocenters. The summed E-state index contributed by atoms with van der Waals surface area (Å²) in [5.74, 6) is 0.559. The smallest absolute Gasteiger partial charge is 0.187 e. The summed E-state index contributed by atoms with van der Waals surface area (Å²) in [4.78, 5) is 0. The second-order valence-electron chi connectivity index (χ2n) is 26.8. The molecule has 6 heterocycles. The van der Waals surface area contributed by atoms with Gasteiger partial charge in [0.15, 0.2) is 37.2 Å². The molecule has 9 fully saturated rings. The number of aliphatic hydroxyl groups excluding tert-OH is 15. The van der Waals surface area contributed by atoms with Gasteiger partial charge in [-0.3, -0.25) is 0 Å². The fourth-order valence-corrected chi connectivity index (χ4v) is 16.7. The van der Waals surface area contributed by atoms with Crippen LogP contribution in [0.4, 0.5) is 0 Å². The van der Waals surface area contributed by atoms with Crippen LogP contribution in [0.2, 0.25) is 0 Å². The van der Waals surface area contributed by atoms with E-state index in [9.17, 15) is 76.6 Å². The molecule has 6 aliphatic heterocycles. The molecule has 0 amide bonds. The zero-order valence-electron chi connectivity index (χ0n) is 49.4. The van der Waals surface area contributed by atoms with Crippen molar-refractivity contribution in [1.82, 2.24) is 0 Å². The van der Waals surface area contributed by atoms with Gasteiger partial charge in [-0.15, -0.1) is 0 Å². The minimum Gasteiger partial charge on any atom is -0.394 e. The van der Waals surface area contributed by atoms with E-state index in [0.29, 0.717) is 43.4 Å². The van der Waals surface area contributed by atoms with Gasteiger partial charge in [-0.2, -0.15) is 0 Å². The number of fused-ring (bicyclic) bond motifs is 7. The molecule has 6 saturated heterocycles. The predicted molar refractivity (Wildman–Crippen MR) is 286 cm³/mol. The Morgan fingerprint density at radius 2 is 1.09 bits per heavy atom. The summed E-state index contributed by atoms with van der Waals surface area (Å²) in [6, 6.07) is 0. The van der Waals surface area contributed by atoms with Crippen LogP contribution in [-0.4, -0.2) is 282 Å². The van der Waals surface area contributed by atoms with Crippen molar-refractivity contribution in [2.24, 2.45) is 46.3 Å². The summed E-state index contributed by atoms with van der Waals surface area (Å²) in [6.45, 7) is 9.99. The summed E-state index contributed by atoms with van der Waals surface area (Å²) in [5.41, 5.74) is 1.00. The van der Waals surface area contributed by atoms with Crippen LogP contribution < -0.4 is 0 Å². The number of rotatable bonds is 18. The topological polar surface area (TPSA) is 414 Å². The Bertz CT molecular complexity index is 2240. The van der Waals surface area contributed by atoms with Crippen LogP contribution >= 0.6 is 0 Å². The summed E-state index contributed by atoms with van der Waals surface area (Å²) in [7, 11) is 1.70. The molecule has 27 nitrogen and oxygen atoms in total. The molecule has 27 heteroatoms. The van der Waals surface area contributed by atoms with Crippen molar-refractivity contribution in [2.45, 2.75) is 271 Å². The van der Waals surface area contributed by atoms with Crippen molar-refractivity contribution in [2.75, 3.05) is 33.5 Å². The fraction of sp³-hybridized carbons (Fsp3) is 0.966. The summed E-state index contributed by atoms with van der Waals surface area (Å²) in [6.07, 6.45) is -30.8. The van der Waals surface area contributed by atoms with E-state index in [2.05, 4.69) is 26.8 Å². The maximum atomic E-state index is 12.4. The minimum atomic E-state index is -1.94. The Balaban J connectivity index is 0.832. The van der Waals surface area contributed by atoms with Crippen molar-refractivity contribution in [3.63, 3.8) is 0 Å². The number of allylic oxidation sites excluding steroid dienone is 1. The molecule has 10 aliphatic rings. The highest BCUT2D eigenvalue weighted by Gasteiger charge is 2.69. The first-order valence-electron chi connectivity index (χ1n) is 30.7. The van der Waals surface area contributed by atoms with Crippen LogP contribution in [0.15, 0.2) is 11.6 Å². The van der Waals surface area contributed by atoms with Crippen molar-refractivity contribution in [3.05, 3.63) is 11.6 Å². The van der Waals surface area contributed by atoms with Crippen molar-refractivity contribution in [3.8, 4) is 0 Å². The molecule has 0 bridgehead atoms. The second-order valence-corrected chi connectivity index (χ2v) is 26.8. The lowest BCUT2D eigenvalue weighted by molar-refractivity contribution is -0.402. The minimum absolute atomic E-state index is 0.0196. The van der Waals surface area contributed by atoms with Gasteiger partial charge in [0.05, 0.1) is 50.8 Å². The molecule has 0 radical (unpaired) electrons. The van der Waals surface area contributed by atoms with Crippen LogP contribution in [0.3, 0.4) is 0 Å². The van der Waals surface area contributed by atoms with Gasteiger partial charge in [0.25, 0.3) is 0 Å². The third kappa shape index (κ3) is 12.1. The van der Waals surface area contributed by atoms with Crippen molar-refractivity contribution < 1.29 is 133 Å². The number of hydrogen-bond acceptors (Lipinski definition) is 27. The Kier molecular flexibility index (Phi) is 20.6. The van der Waals surface area contributed by atoms with Crippen LogP contribution in [0.1, 0.15) is 99.3 Å². The van der Waals surface area contributed by atoms with E-state index in [1.165, 1.54) is 19.4 Å². The molecule has 15 N–H and O–H groups in total. The summed E-state index contributed by atoms with van der Waals surface area (Å²) in [5, 5.41) is 160. The lowest BCUT2D eigenvalue weighted by Gasteiger charge is -2.58. The molecule has 36 atom stereocenters. The van der Waals surface area contributed by atoms with E-state index in [-0.39, 0.29) is 41.3 Å². The molecular formula is C58H96O27. The molecule has 3 saturated carbocycles. The molecule has 85 heavy (non-hydrogen) atoms. The normalized spacial score (nSPS) is 54.8. The monoisotopic (exact) mass is 1220 g/mol. The van der Waals surface area contributed by atoms with Gasteiger partial charge in [-0.25, -0.2) is 0 Å². The first-order chi connectivity index (χ1) is 40.2. The van der Waals surface area contributed by atoms with Gasteiger partial charge in [0.1, 0.15) is 110 Å². The highest BCUT2D eigenvalue weighted by molar-refractivity contribution is 5.26. The molecule has 0 aromatic heterocycles. The molecule has 0 aromatic rings. The first-order valence-corrected chi connectivity index (χ1v) is 30.7. The molecule has 490 valence electrons. The predicted octanol–water partition coefficient (Wildman–Crippen LogP) is -3.50. The van der Waals surface area contributed by atoms with Crippen LogP contribution in [-0.2, 0) is 56.8 Å². The SMILES string of the molecule is COC1(CCC(C)COC2OC(CO)C(O)C(O)C2O)OC2CC3C4CC=C5CC(OC6OC(CO)C(OC7OC(C)C(O)C(O)C7O)C(O)C6OC6OC(C)C(O)C(O)C6OC6OC(CO)C(O)C(O)C6O)CCC5(C)C4CCC3(C)C2C1C. The standard InChI is InChI=1S/C58H96O27/c1-22(21-75-51-44(70)41(67)38(64)32(18-59)79-51)10-15-58(74-7)23(2)35-31(85-58)17-30-28-9-8-26-16-27(11-13-56(26,5)29(28)12-14-57(30,35)6)78-55-50(47(73)48(34(20-61)81-55)82-52-45(71)40(66)36(62)24(3)76-52)84-54-49(43(69)37(63)25(4)77-54)83-53-46(72)42(68)39(65)33(19-60)80-53/h8,22-25,27-55,59-73H,9-21H2,1-7H3. The lowest BCUT2D eigenvalue weighted by atomic mass is 9.47. The average Bonchev–Trinajstić information content (AvgIpc) is 1.61. The Morgan fingerprint density at radius 3 is 1.73 bits per heavy atom. The van der Waals surface area contributed by atoms with Gasteiger partial charge in [0.2, 0.25) is 0 Å². The van der Waals surface area contributed by atoms with E-state index in [1.807, 2.05) is 6.92 Å². The van der Waals surface area contributed by atoms with Crippen LogP contribution in [0, 0.1) is 46.3 Å². The highest BCUT2D eigenvalue weighted by Crippen LogP contribution is 2.70. The third-order valence-corrected chi connectivity index (χ3v) is 21.9. The molecular weight excluding hydrogens is 1130 g/mol. The summed E-state index contributed by atoms with van der Waals surface area (Å²) >= 11 is 0. The maximum Gasteiger partial charge on any atom is 0.187 e. The van der Waals surface area contributed by atoms with E-state index in [0.717, 1.165) is 32.1 Å². The van der Waals surface area contributed by atoms with Crippen LogP contribution in [0.25, 0.3) is 0 Å². The maximum absolute atomic E-state index is 12.4. The largest absolute Gasteiger partial charge is 0.394 e. The Morgan fingerprint density at radius 1 is 0.565 bits per heavy atom. The average molecular weight is 1230 g/mol. The quantitative estimate of drug-likeness (QED) is 0.0592. The highest BCUT2D eigenvalue weighted by atomic mass is 16.8. The number of methoxy groups -OCH3 is 1. The third-order valence-electron chi connectivity index (χ3n) is 21.9. The first kappa shape index (κ1) is 66.6. The summed E-state index contributed by atoms with van der Waals surface area (Å²) < 4.78 is 74.1. The Labute approximate surface area is 494 Å². The van der Waals surface area contributed by atoms with Crippen LogP contribution in [0.5, 0.6) is 0 Å². The van der Waals surface area contributed by atoms with Crippen molar-refractivity contribution in [1.29, 1.82) is 0 Å². The Hall–Kier alpha value is -1.34. The fourth-order valence-electron chi connectivity index (χ4n) is 16.7. The second kappa shape index (κ2) is 26.3. The zero-order valence-corrected chi connectivity index (χ0v) is 49.4. The van der Waals surface area contributed by atoms with Gasteiger partial charge < -0.3 is 133 Å². The van der Waals surface area contributed by atoms with Gasteiger partial charge in [0, 0.05) is 19.4 Å². The van der Waals surface area contributed by atoms with E-state index in [4.69, 9.17) is 56.8 Å². The van der Waals surface area contributed by atoms with Crippen molar-refractivity contribution >= 4 is 0 Å². The number of aliphatic hydroxyl groups is 15. The van der Waals surface area contributed by atoms with E-state index < -0.39 is 185 Å². The molecule has 10 rings (SSSR count). The van der Waals surface area contributed by atoms with Gasteiger partial charge in [-0.1, -0.05) is 39.3 Å². The van der Waals surface area contributed by atoms with Gasteiger partial charge in [-0.05, 0) is 106 Å². The molecule has 4 aliphatic carbocycles. The van der Waals surface area contributed by atoms with Gasteiger partial charge >= 0.3 is 0 Å². The molecule has 0 spiro atoms. The number of ether oxygens (including phenoxy) is 12. The number of hydrogen-bond donors (Lipinski definition) is 15. The van der Waals surface area contributed by atoms with E-state index in [1.54, 1.807) is 7.11 Å². The van der Waals surface area contributed by atoms with E-state index >= 15 is 0 Å².